The van der Waals surface area contributed by atoms with Gasteiger partial charge in [-0.05, 0) is 21.0 Å². The Kier molecular flexibility index (Phi) is 3.24. The molecule has 0 bridgehead atoms. The van der Waals surface area contributed by atoms with Crippen molar-refractivity contribution >= 4 is 5.97 Å². The summed E-state index contributed by atoms with van der Waals surface area (Å²) in [6.07, 6.45) is 1.57. The van der Waals surface area contributed by atoms with Crippen LogP contribution >= 0.6 is 0 Å². The Morgan fingerprint density at radius 1 is 1.64 bits per heavy atom. The Morgan fingerprint density at radius 2 is 2.29 bits per heavy atom. The molecule has 1 rings (SSSR count). The number of aromatic nitrogens is 2. The molecule has 0 amide bonds. The second-order valence-corrected chi connectivity index (χ2v) is 3.50. The van der Waals surface area contributed by atoms with Crippen molar-refractivity contribution in [2.24, 2.45) is 0 Å². The fourth-order valence-corrected chi connectivity index (χ4v) is 1.14. The van der Waals surface area contributed by atoms with Crippen molar-refractivity contribution in [3.63, 3.8) is 0 Å². The van der Waals surface area contributed by atoms with Gasteiger partial charge in [0.05, 0.1) is 12.2 Å². The molecule has 14 heavy (non-hydrogen) atoms. The molecule has 78 valence electrons. The molecule has 0 saturated heterocycles. The summed E-state index contributed by atoms with van der Waals surface area (Å²) >= 11 is 0. The summed E-state index contributed by atoms with van der Waals surface area (Å²) in [5, 5.41) is 12.9. The van der Waals surface area contributed by atoms with Crippen LogP contribution in [-0.2, 0) is 6.54 Å². The number of carboxylic acid groups (broad SMARTS) is 1. The Hall–Kier alpha value is -1.36. The van der Waals surface area contributed by atoms with Gasteiger partial charge >= 0.3 is 5.97 Å². The summed E-state index contributed by atoms with van der Waals surface area (Å²) < 4.78 is 1.67. The number of hydrogen-bond acceptors (Lipinski definition) is 3. The molecule has 0 aromatic carbocycles. The fourth-order valence-electron chi connectivity index (χ4n) is 1.14. The van der Waals surface area contributed by atoms with Crippen molar-refractivity contribution in [3.8, 4) is 0 Å². The van der Waals surface area contributed by atoms with Gasteiger partial charge < -0.3 is 10.0 Å². The zero-order valence-electron chi connectivity index (χ0n) is 8.69. The Bertz CT molecular complexity index is 331. The number of aromatic carboxylic acids is 1. The predicted molar refractivity (Wildman–Crippen MR) is 52.5 cm³/mol. The molecule has 0 aliphatic rings. The quantitative estimate of drug-likeness (QED) is 0.761. The minimum atomic E-state index is -0.918. The first-order chi connectivity index (χ1) is 6.50. The SMILES string of the molecule is Cc1nn(CCN(C)C)cc1C(=O)O. The van der Waals surface area contributed by atoms with E-state index in [2.05, 4.69) is 5.10 Å². The molecule has 5 heteroatoms. The average molecular weight is 197 g/mol. The molecule has 1 aromatic heterocycles. The normalized spacial score (nSPS) is 10.9. The maximum Gasteiger partial charge on any atom is 0.339 e. The van der Waals surface area contributed by atoms with Crippen molar-refractivity contribution in [2.45, 2.75) is 13.5 Å². The van der Waals surface area contributed by atoms with Crippen LogP contribution in [0, 0.1) is 6.92 Å². The zero-order chi connectivity index (χ0) is 10.7. The van der Waals surface area contributed by atoms with Gasteiger partial charge in [-0.15, -0.1) is 0 Å². The van der Waals surface area contributed by atoms with Crippen LogP contribution in [0.25, 0.3) is 0 Å². The van der Waals surface area contributed by atoms with Gasteiger partial charge in [0, 0.05) is 12.7 Å². The number of rotatable bonds is 4. The molecular formula is C9H15N3O2. The lowest BCUT2D eigenvalue weighted by molar-refractivity contribution is 0.0696. The molecule has 5 nitrogen and oxygen atoms in total. The van der Waals surface area contributed by atoms with Gasteiger partial charge in [0.15, 0.2) is 0 Å². The second kappa shape index (κ2) is 4.23. The lowest BCUT2D eigenvalue weighted by atomic mass is 10.3. The van der Waals surface area contributed by atoms with Gasteiger partial charge in [-0.3, -0.25) is 4.68 Å². The van der Waals surface area contributed by atoms with Crippen LogP contribution in [0.2, 0.25) is 0 Å². The minimum absolute atomic E-state index is 0.281. The van der Waals surface area contributed by atoms with Crippen LogP contribution in [-0.4, -0.2) is 46.4 Å². The van der Waals surface area contributed by atoms with E-state index in [-0.39, 0.29) is 5.56 Å². The second-order valence-electron chi connectivity index (χ2n) is 3.50. The smallest absolute Gasteiger partial charge is 0.339 e. The van der Waals surface area contributed by atoms with Gasteiger partial charge in [0.25, 0.3) is 0 Å². The number of likely N-dealkylation sites (N-methyl/N-ethyl adjacent to an activating group) is 1. The monoisotopic (exact) mass is 197 g/mol. The summed E-state index contributed by atoms with van der Waals surface area (Å²) in [7, 11) is 3.93. The summed E-state index contributed by atoms with van der Waals surface area (Å²) in [6, 6.07) is 0. The molecule has 1 aromatic rings. The van der Waals surface area contributed by atoms with Crippen molar-refractivity contribution in [1.29, 1.82) is 0 Å². The first kappa shape index (κ1) is 10.7. The first-order valence-electron chi connectivity index (χ1n) is 4.43. The molecule has 0 atom stereocenters. The molecular weight excluding hydrogens is 182 g/mol. The molecule has 1 heterocycles. The van der Waals surface area contributed by atoms with E-state index in [0.717, 1.165) is 6.54 Å². The lowest BCUT2D eigenvalue weighted by Gasteiger charge is -2.08. The summed E-state index contributed by atoms with van der Waals surface area (Å²) in [4.78, 5) is 12.7. The molecule has 0 aliphatic carbocycles. The summed E-state index contributed by atoms with van der Waals surface area (Å²) in [5.74, 6) is -0.918. The van der Waals surface area contributed by atoms with Crippen LogP contribution < -0.4 is 0 Å². The highest BCUT2D eigenvalue weighted by atomic mass is 16.4. The standard InChI is InChI=1S/C9H15N3O2/c1-7-8(9(13)14)6-12(10-7)5-4-11(2)3/h6H,4-5H2,1-3H3,(H,13,14). The maximum absolute atomic E-state index is 10.7. The Labute approximate surface area is 82.9 Å². The van der Waals surface area contributed by atoms with E-state index >= 15 is 0 Å². The fraction of sp³-hybridized carbons (Fsp3) is 0.556. The minimum Gasteiger partial charge on any atom is -0.478 e. The molecule has 0 unspecified atom stereocenters. The number of hydrogen-bond donors (Lipinski definition) is 1. The van der Waals surface area contributed by atoms with Crippen LogP contribution in [0.1, 0.15) is 16.1 Å². The number of carboxylic acids is 1. The number of carbonyl (C=O) groups is 1. The summed E-state index contributed by atoms with van der Waals surface area (Å²) in [5.41, 5.74) is 0.847. The van der Waals surface area contributed by atoms with Crippen LogP contribution in [0.4, 0.5) is 0 Å². The van der Waals surface area contributed by atoms with E-state index in [4.69, 9.17) is 5.11 Å². The van der Waals surface area contributed by atoms with Crippen molar-refractivity contribution < 1.29 is 9.90 Å². The lowest BCUT2D eigenvalue weighted by Crippen LogP contribution is -2.18. The van der Waals surface area contributed by atoms with Gasteiger partial charge in [-0.1, -0.05) is 0 Å². The molecule has 0 fully saturated rings. The Balaban J connectivity index is 2.71. The van der Waals surface area contributed by atoms with E-state index in [1.54, 1.807) is 17.8 Å². The molecule has 0 spiro atoms. The van der Waals surface area contributed by atoms with Crippen LogP contribution in [0.3, 0.4) is 0 Å². The van der Waals surface area contributed by atoms with Gasteiger partial charge in [-0.25, -0.2) is 4.79 Å². The van der Waals surface area contributed by atoms with E-state index in [9.17, 15) is 4.79 Å². The third-order valence-corrected chi connectivity index (χ3v) is 1.95. The highest BCUT2D eigenvalue weighted by molar-refractivity contribution is 5.88. The van der Waals surface area contributed by atoms with Crippen LogP contribution in [0.5, 0.6) is 0 Å². The first-order valence-corrected chi connectivity index (χ1v) is 4.43. The highest BCUT2D eigenvalue weighted by Crippen LogP contribution is 2.04. The zero-order valence-corrected chi connectivity index (χ0v) is 8.69. The van der Waals surface area contributed by atoms with E-state index in [0.29, 0.717) is 12.2 Å². The molecule has 0 aliphatic heterocycles. The third kappa shape index (κ3) is 2.56. The molecule has 0 radical (unpaired) electrons. The predicted octanol–water partition coefficient (Wildman–Crippen LogP) is 0.451. The van der Waals surface area contributed by atoms with Crippen molar-refractivity contribution in [2.75, 3.05) is 20.6 Å². The molecule has 1 N–H and O–H groups in total. The largest absolute Gasteiger partial charge is 0.478 e. The average Bonchev–Trinajstić information content (AvgIpc) is 2.43. The van der Waals surface area contributed by atoms with Gasteiger partial charge in [0.1, 0.15) is 5.56 Å². The number of nitrogens with zero attached hydrogens (tertiary/aromatic N) is 3. The van der Waals surface area contributed by atoms with E-state index in [1.807, 2.05) is 19.0 Å². The van der Waals surface area contributed by atoms with Gasteiger partial charge in [-0.2, -0.15) is 5.10 Å². The van der Waals surface area contributed by atoms with Crippen LogP contribution in [0.15, 0.2) is 6.20 Å². The van der Waals surface area contributed by atoms with Crippen molar-refractivity contribution in [3.05, 3.63) is 17.5 Å². The molecule has 0 saturated carbocycles. The van der Waals surface area contributed by atoms with E-state index in [1.165, 1.54) is 0 Å². The maximum atomic E-state index is 10.7. The van der Waals surface area contributed by atoms with Crippen molar-refractivity contribution in [1.82, 2.24) is 14.7 Å². The summed E-state index contributed by atoms with van der Waals surface area (Å²) in [6.45, 7) is 3.26. The van der Waals surface area contributed by atoms with Gasteiger partial charge in [0.2, 0.25) is 0 Å². The number of aryl methyl sites for hydroxylation is 1. The van der Waals surface area contributed by atoms with E-state index < -0.39 is 5.97 Å². The third-order valence-electron chi connectivity index (χ3n) is 1.95. The highest BCUT2D eigenvalue weighted by Gasteiger charge is 2.11. The Morgan fingerprint density at radius 3 is 2.71 bits per heavy atom. The topological polar surface area (TPSA) is 58.4 Å².